The highest BCUT2D eigenvalue weighted by molar-refractivity contribution is 7.89. The summed E-state index contributed by atoms with van der Waals surface area (Å²) in [4.78, 5) is 28.2. The summed E-state index contributed by atoms with van der Waals surface area (Å²) < 4.78 is 27.0. The normalized spacial score (nSPS) is 11.8. The number of hydrogen-bond acceptors (Lipinski definition) is 5. The fraction of sp³-hybridized carbons (Fsp3) is 0.0769. The van der Waals surface area contributed by atoms with E-state index in [0.717, 1.165) is 4.88 Å². The third-order valence-corrected chi connectivity index (χ3v) is 5.30. The molecule has 7 nitrogen and oxygen atoms in total. The maximum Gasteiger partial charge on any atom is 0.314 e. The van der Waals surface area contributed by atoms with Crippen LogP contribution in [0.5, 0.6) is 0 Å². The molecule has 114 valence electrons. The quantitative estimate of drug-likeness (QED) is 0.610. The maximum atomic E-state index is 12.3. The molecule has 2 aromatic heterocycles. The molecule has 0 aliphatic heterocycles. The van der Waals surface area contributed by atoms with Crippen molar-refractivity contribution in [2.24, 2.45) is 0 Å². The van der Waals surface area contributed by atoms with Crippen LogP contribution in [0.1, 0.15) is 4.88 Å². The van der Waals surface area contributed by atoms with E-state index in [9.17, 15) is 18.0 Å². The van der Waals surface area contributed by atoms with Gasteiger partial charge in [0.1, 0.15) is 0 Å². The molecule has 3 N–H and O–H groups in total. The van der Waals surface area contributed by atoms with Gasteiger partial charge in [-0.15, -0.1) is 11.3 Å². The van der Waals surface area contributed by atoms with Crippen LogP contribution >= 0.6 is 11.3 Å². The monoisotopic (exact) mass is 337 g/mol. The molecule has 0 spiro atoms. The molecule has 0 fully saturated rings. The van der Waals surface area contributed by atoms with E-state index in [-0.39, 0.29) is 17.0 Å². The Morgan fingerprint density at radius 2 is 1.77 bits per heavy atom. The lowest BCUT2D eigenvalue weighted by molar-refractivity contribution is 0.582. The first kappa shape index (κ1) is 14.7. The Hall–Kier alpha value is -2.23. The van der Waals surface area contributed by atoms with Crippen molar-refractivity contribution in [3.63, 3.8) is 0 Å². The predicted molar refractivity (Wildman–Crippen MR) is 83.5 cm³/mol. The zero-order chi connectivity index (χ0) is 15.7. The minimum absolute atomic E-state index is 0.0132. The summed E-state index contributed by atoms with van der Waals surface area (Å²) in [6, 6.07) is 7.78. The van der Waals surface area contributed by atoms with Gasteiger partial charge in [-0.2, -0.15) is 0 Å². The minimum Gasteiger partial charge on any atom is -0.316 e. The van der Waals surface area contributed by atoms with Crippen LogP contribution < -0.4 is 15.8 Å². The van der Waals surface area contributed by atoms with Crippen molar-refractivity contribution in [1.29, 1.82) is 0 Å². The number of aromatic nitrogens is 2. The molecule has 9 heteroatoms. The van der Waals surface area contributed by atoms with Gasteiger partial charge < -0.3 is 9.97 Å². The molecule has 0 amide bonds. The Kier molecular flexibility index (Phi) is 3.69. The Labute approximate surface area is 128 Å². The van der Waals surface area contributed by atoms with Gasteiger partial charge in [0, 0.05) is 11.4 Å². The SMILES string of the molecule is O=c1[nH]c2ccc(S(=O)(=O)NCc3cccs3)cc2[nH]c1=O. The second-order valence-electron chi connectivity index (χ2n) is 4.52. The van der Waals surface area contributed by atoms with E-state index >= 15 is 0 Å². The lowest BCUT2D eigenvalue weighted by Gasteiger charge is -2.06. The average Bonchev–Trinajstić information content (AvgIpc) is 2.99. The molecule has 1 aromatic carbocycles. The summed E-state index contributed by atoms with van der Waals surface area (Å²) in [6.45, 7) is 0.195. The highest BCUT2D eigenvalue weighted by atomic mass is 32.2. The number of rotatable bonds is 4. The van der Waals surface area contributed by atoms with Gasteiger partial charge in [0.15, 0.2) is 0 Å². The van der Waals surface area contributed by atoms with Gasteiger partial charge in [-0.3, -0.25) is 9.59 Å². The molecule has 0 saturated carbocycles. The topological polar surface area (TPSA) is 112 Å². The molecule has 0 aliphatic carbocycles. The summed E-state index contributed by atoms with van der Waals surface area (Å²) in [6.07, 6.45) is 0. The molecular formula is C13H11N3O4S2. The van der Waals surface area contributed by atoms with E-state index in [0.29, 0.717) is 5.52 Å². The third kappa shape index (κ3) is 2.86. The third-order valence-electron chi connectivity index (χ3n) is 3.02. The van der Waals surface area contributed by atoms with Gasteiger partial charge in [0.05, 0.1) is 15.9 Å². The number of thiophene rings is 1. The van der Waals surface area contributed by atoms with Crippen LogP contribution in [0.25, 0.3) is 11.0 Å². The first-order valence-corrected chi connectivity index (χ1v) is 8.60. The number of nitrogens with one attached hydrogen (secondary N) is 3. The summed E-state index contributed by atoms with van der Waals surface area (Å²) >= 11 is 1.45. The van der Waals surface area contributed by atoms with Crippen LogP contribution in [0.2, 0.25) is 0 Å². The van der Waals surface area contributed by atoms with Crippen molar-refractivity contribution >= 4 is 32.4 Å². The number of fused-ring (bicyclic) bond motifs is 1. The lowest BCUT2D eigenvalue weighted by atomic mass is 10.3. The molecule has 3 aromatic rings. The molecule has 0 saturated heterocycles. The molecule has 0 unspecified atom stereocenters. The summed E-state index contributed by atoms with van der Waals surface area (Å²) in [5.74, 6) is 0. The fourth-order valence-corrected chi connectivity index (χ4v) is 3.69. The van der Waals surface area contributed by atoms with Crippen molar-refractivity contribution in [3.05, 3.63) is 61.3 Å². The highest BCUT2D eigenvalue weighted by Gasteiger charge is 2.15. The predicted octanol–water partition coefficient (Wildman–Crippen LogP) is 0.756. The second-order valence-corrected chi connectivity index (χ2v) is 7.32. The van der Waals surface area contributed by atoms with Crippen LogP contribution in [0.15, 0.2) is 50.2 Å². The van der Waals surface area contributed by atoms with Gasteiger partial charge >= 0.3 is 11.1 Å². The Morgan fingerprint density at radius 3 is 2.45 bits per heavy atom. The van der Waals surface area contributed by atoms with E-state index in [1.807, 2.05) is 17.5 Å². The Bertz CT molecular complexity index is 1030. The maximum absolute atomic E-state index is 12.3. The molecule has 0 aliphatic rings. The van der Waals surface area contributed by atoms with Gasteiger partial charge in [-0.25, -0.2) is 13.1 Å². The molecule has 0 radical (unpaired) electrons. The largest absolute Gasteiger partial charge is 0.316 e. The lowest BCUT2D eigenvalue weighted by Crippen LogP contribution is -2.29. The smallest absolute Gasteiger partial charge is 0.314 e. The second kappa shape index (κ2) is 5.52. The van der Waals surface area contributed by atoms with E-state index in [1.165, 1.54) is 29.5 Å². The number of sulfonamides is 1. The van der Waals surface area contributed by atoms with Crippen molar-refractivity contribution in [2.75, 3.05) is 0 Å². The van der Waals surface area contributed by atoms with Crippen molar-refractivity contribution in [3.8, 4) is 0 Å². The van der Waals surface area contributed by atoms with E-state index < -0.39 is 21.1 Å². The van der Waals surface area contributed by atoms with E-state index in [1.54, 1.807) is 0 Å². The van der Waals surface area contributed by atoms with Crippen LogP contribution in [0, 0.1) is 0 Å². The molecule has 22 heavy (non-hydrogen) atoms. The first-order valence-electron chi connectivity index (χ1n) is 6.24. The standard InChI is InChI=1S/C13H11N3O4S2/c17-12-13(18)16-11-6-9(3-4-10(11)15-12)22(19,20)14-7-8-2-1-5-21-8/h1-6,14H,7H2,(H,15,17)(H,16,18). The first-order chi connectivity index (χ1) is 10.5. The molecule has 0 bridgehead atoms. The molecule has 2 heterocycles. The zero-order valence-electron chi connectivity index (χ0n) is 11.1. The van der Waals surface area contributed by atoms with E-state index in [4.69, 9.17) is 0 Å². The molecule has 0 atom stereocenters. The van der Waals surface area contributed by atoms with Crippen molar-refractivity contribution in [1.82, 2.24) is 14.7 Å². The van der Waals surface area contributed by atoms with Gasteiger partial charge in [-0.1, -0.05) is 6.07 Å². The van der Waals surface area contributed by atoms with Crippen molar-refractivity contribution in [2.45, 2.75) is 11.4 Å². The van der Waals surface area contributed by atoms with Crippen LogP contribution in [-0.2, 0) is 16.6 Å². The number of benzene rings is 1. The van der Waals surface area contributed by atoms with Gasteiger partial charge in [-0.05, 0) is 29.6 Å². The highest BCUT2D eigenvalue weighted by Crippen LogP contribution is 2.15. The van der Waals surface area contributed by atoms with Crippen LogP contribution in [0.3, 0.4) is 0 Å². The number of aromatic amines is 2. The van der Waals surface area contributed by atoms with Crippen LogP contribution in [0.4, 0.5) is 0 Å². The number of H-pyrrole nitrogens is 2. The van der Waals surface area contributed by atoms with Crippen LogP contribution in [-0.4, -0.2) is 18.4 Å². The summed E-state index contributed by atoms with van der Waals surface area (Å²) in [5.41, 5.74) is -0.988. The van der Waals surface area contributed by atoms with Gasteiger partial charge in [0.2, 0.25) is 10.0 Å². The zero-order valence-corrected chi connectivity index (χ0v) is 12.8. The number of hydrogen-bond donors (Lipinski definition) is 3. The fourth-order valence-electron chi connectivity index (χ4n) is 1.92. The van der Waals surface area contributed by atoms with Gasteiger partial charge in [0.25, 0.3) is 0 Å². The Balaban J connectivity index is 1.96. The molecular weight excluding hydrogens is 326 g/mol. The average molecular weight is 337 g/mol. The molecule has 3 rings (SSSR count). The van der Waals surface area contributed by atoms with E-state index in [2.05, 4.69) is 14.7 Å². The Morgan fingerprint density at radius 1 is 1.05 bits per heavy atom. The minimum atomic E-state index is -3.71. The summed E-state index contributed by atoms with van der Waals surface area (Å²) in [7, 11) is -3.71. The van der Waals surface area contributed by atoms with Crippen molar-refractivity contribution < 1.29 is 8.42 Å². The summed E-state index contributed by atoms with van der Waals surface area (Å²) in [5, 5.41) is 1.86.